The van der Waals surface area contributed by atoms with E-state index < -0.39 is 0 Å². The third-order valence-electron chi connectivity index (χ3n) is 2.70. The van der Waals surface area contributed by atoms with Crippen LogP contribution in [-0.4, -0.2) is 26.2 Å². The number of hydrogen-bond donors (Lipinski definition) is 1. The molecule has 1 rings (SSSR count). The Labute approximate surface area is 97.5 Å². The maximum Gasteiger partial charge on any atom is 0.125 e. The molecular weight excluding hydrogens is 203 g/mol. The average molecular weight is 224 g/mol. The van der Waals surface area contributed by atoms with Gasteiger partial charge in [-0.2, -0.15) is 0 Å². The Balaban J connectivity index is 2.43. The van der Waals surface area contributed by atoms with Crippen molar-refractivity contribution in [1.82, 2.24) is 5.32 Å². The van der Waals surface area contributed by atoms with Crippen molar-refractivity contribution in [1.29, 1.82) is 0 Å². The van der Waals surface area contributed by atoms with Gasteiger partial charge in [0.15, 0.2) is 0 Å². The van der Waals surface area contributed by atoms with Gasteiger partial charge >= 0.3 is 0 Å². The number of halogens is 1. The zero-order valence-corrected chi connectivity index (χ0v) is 10.3. The zero-order valence-electron chi connectivity index (χ0n) is 10.3. The van der Waals surface area contributed by atoms with Crippen molar-refractivity contribution in [3.63, 3.8) is 0 Å². The molecular formula is C13H21FN2. The Bertz CT molecular complexity index is 315. The number of rotatable bonds is 6. The summed E-state index contributed by atoms with van der Waals surface area (Å²) in [6, 6.07) is 7.22. The summed E-state index contributed by atoms with van der Waals surface area (Å²) < 4.78 is 13.0. The van der Waals surface area contributed by atoms with Gasteiger partial charge in [0.1, 0.15) is 5.82 Å². The van der Waals surface area contributed by atoms with Gasteiger partial charge in [-0.3, -0.25) is 0 Å². The van der Waals surface area contributed by atoms with Gasteiger partial charge in [0.2, 0.25) is 0 Å². The first-order chi connectivity index (χ1) is 7.63. The van der Waals surface area contributed by atoms with E-state index in [0.29, 0.717) is 6.04 Å². The quantitative estimate of drug-likeness (QED) is 0.799. The fourth-order valence-corrected chi connectivity index (χ4v) is 1.68. The second-order valence-corrected chi connectivity index (χ2v) is 4.15. The molecule has 0 aliphatic heterocycles. The summed E-state index contributed by atoms with van der Waals surface area (Å²) in [5.41, 5.74) is 0.934. The second kappa shape index (κ2) is 6.48. The molecule has 0 bridgehead atoms. The molecule has 3 heteroatoms. The number of anilines is 1. The number of nitrogens with zero attached hydrogens (tertiary/aromatic N) is 1. The molecule has 0 amide bonds. The van der Waals surface area contributed by atoms with E-state index in [1.165, 1.54) is 6.07 Å². The Morgan fingerprint density at radius 1 is 1.44 bits per heavy atom. The molecule has 0 spiro atoms. The molecule has 1 aromatic rings. The Hall–Kier alpha value is -1.09. The fraction of sp³-hybridized carbons (Fsp3) is 0.538. The molecule has 90 valence electrons. The zero-order chi connectivity index (χ0) is 12.0. The summed E-state index contributed by atoms with van der Waals surface area (Å²) in [5, 5.41) is 3.36. The van der Waals surface area contributed by atoms with Crippen LogP contribution in [0, 0.1) is 5.82 Å². The summed E-state index contributed by atoms with van der Waals surface area (Å²) in [4.78, 5) is 2.08. The summed E-state index contributed by atoms with van der Waals surface area (Å²) in [5.74, 6) is -0.177. The molecule has 0 fully saturated rings. The molecule has 0 heterocycles. The molecule has 0 aliphatic carbocycles. The van der Waals surface area contributed by atoms with Crippen LogP contribution in [0.2, 0.25) is 0 Å². The maximum absolute atomic E-state index is 13.0. The lowest BCUT2D eigenvalue weighted by Gasteiger charge is -2.21. The van der Waals surface area contributed by atoms with Gasteiger partial charge in [-0.15, -0.1) is 0 Å². The van der Waals surface area contributed by atoms with Gasteiger partial charge < -0.3 is 10.2 Å². The first-order valence-corrected chi connectivity index (χ1v) is 5.83. The van der Waals surface area contributed by atoms with E-state index in [1.54, 1.807) is 12.1 Å². The molecule has 2 nitrogen and oxygen atoms in total. The minimum Gasteiger partial charge on any atom is -0.374 e. The Kier molecular flexibility index (Phi) is 5.26. The summed E-state index contributed by atoms with van der Waals surface area (Å²) in [6.07, 6.45) is 1.06. The molecule has 0 saturated heterocycles. The van der Waals surface area contributed by atoms with Gasteiger partial charge in [-0.1, -0.05) is 13.0 Å². The lowest BCUT2D eigenvalue weighted by Crippen LogP contribution is -2.30. The molecule has 0 aliphatic rings. The first kappa shape index (κ1) is 13.0. The van der Waals surface area contributed by atoms with Crippen LogP contribution in [0.4, 0.5) is 10.1 Å². The van der Waals surface area contributed by atoms with Gasteiger partial charge in [-0.05, 0) is 38.1 Å². The van der Waals surface area contributed by atoms with Gasteiger partial charge in [0, 0.05) is 25.3 Å². The first-order valence-electron chi connectivity index (χ1n) is 5.83. The smallest absolute Gasteiger partial charge is 0.125 e. The van der Waals surface area contributed by atoms with Crippen LogP contribution in [0.25, 0.3) is 0 Å². The van der Waals surface area contributed by atoms with Crippen molar-refractivity contribution in [3.05, 3.63) is 30.1 Å². The van der Waals surface area contributed by atoms with Crippen molar-refractivity contribution in [2.45, 2.75) is 26.3 Å². The topological polar surface area (TPSA) is 15.3 Å². The number of benzene rings is 1. The summed E-state index contributed by atoms with van der Waals surface area (Å²) in [6.45, 7) is 6.19. The largest absolute Gasteiger partial charge is 0.374 e. The van der Waals surface area contributed by atoms with Crippen LogP contribution < -0.4 is 10.2 Å². The minimum atomic E-state index is -0.177. The van der Waals surface area contributed by atoms with E-state index in [-0.39, 0.29) is 5.82 Å². The molecule has 1 atom stereocenters. The predicted octanol–water partition coefficient (Wildman–Crippen LogP) is 2.65. The highest BCUT2D eigenvalue weighted by atomic mass is 19.1. The minimum absolute atomic E-state index is 0.177. The lowest BCUT2D eigenvalue weighted by atomic mass is 10.2. The highest BCUT2D eigenvalue weighted by Gasteiger charge is 2.04. The van der Waals surface area contributed by atoms with Crippen molar-refractivity contribution < 1.29 is 4.39 Å². The van der Waals surface area contributed by atoms with Crippen molar-refractivity contribution in [2.24, 2.45) is 0 Å². The van der Waals surface area contributed by atoms with Crippen LogP contribution in [0.1, 0.15) is 20.3 Å². The van der Waals surface area contributed by atoms with E-state index in [2.05, 4.69) is 24.1 Å². The predicted molar refractivity (Wildman–Crippen MR) is 67.4 cm³/mol. The van der Waals surface area contributed by atoms with Gasteiger partial charge in [-0.25, -0.2) is 4.39 Å². The van der Waals surface area contributed by atoms with E-state index >= 15 is 0 Å². The van der Waals surface area contributed by atoms with Crippen LogP contribution >= 0.6 is 0 Å². The number of nitrogens with one attached hydrogen (secondary N) is 1. The number of hydrogen-bond acceptors (Lipinski definition) is 2. The third kappa shape index (κ3) is 4.19. The lowest BCUT2D eigenvalue weighted by molar-refractivity contribution is 0.531. The van der Waals surface area contributed by atoms with Crippen molar-refractivity contribution in [3.8, 4) is 0 Å². The standard InChI is InChI=1S/C13H21FN2/c1-4-15-11(2)8-9-16(3)13-7-5-6-12(14)10-13/h5-7,10-11,15H,4,8-9H2,1-3H3. The second-order valence-electron chi connectivity index (χ2n) is 4.15. The van der Waals surface area contributed by atoms with Crippen LogP contribution in [-0.2, 0) is 0 Å². The summed E-state index contributed by atoms with van der Waals surface area (Å²) in [7, 11) is 1.99. The molecule has 0 radical (unpaired) electrons. The summed E-state index contributed by atoms with van der Waals surface area (Å²) >= 11 is 0. The molecule has 1 N–H and O–H groups in total. The highest BCUT2D eigenvalue weighted by Crippen LogP contribution is 2.14. The molecule has 0 aromatic heterocycles. The molecule has 16 heavy (non-hydrogen) atoms. The Morgan fingerprint density at radius 2 is 2.19 bits per heavy atom. The van der Waals surface area contributed by atoms with Crippen LogP contribution in [0.3, 0.4) is 0 Å². The SMILES string of the molecule is CCNC(C)CCN(C)c1cccc(F)c1. The Morgan fingerprint density at radius 3 is 2.81 bits per heavy atom. The van der Waals surface area contributed by atoms with Gasteiger partial charge in [0.05, 0.1) is 0 Å². The van der Waals surface area contributed by atoms with E-state index in [0.717, 1.165) is 25.2 Å². The van der Waals surface area contributed by atoms with Crippen molar-refractivity contribution in [2.75, 3.05) is 25.0 Å². The van der Waals surface area contributed by atoms with E-state index in [1.807, 2.05) is 13.1 Å². The van der Waals surface area contributed by atoms with Crippen LogP contribution in [0.15, 0.2) is 24.3 Å². The van der Waals surface area contributed by atoms with Crippen LogP contribution in [0.5, 0.6) is 0 Å². The third-order valence-corrected chi connectivity index (χ3v) is 2.70. The van der Waals surface area contributed by atoms with Crippen molar-refractivity contribution >= 4 is 5.69 Å². The van der Waals surface area contributed by atoms with E-state index in [4.69, 9.17) is 0 Å². The maximum atomic E-state index is 13.0. The normalized spacial score (nSPS) is 12.5. The monoisotopic (exact) mass is 224 g/mol. The fourth-order valence-electron chi connectivity index (χ4n) is 1.68. The van der Waals surface area contributed by atoms with E-state index in [9.17, 15) is 4.39 Å². The van der Waals surface area contributed by atoms with Gasteiger partial charge in [0.25, 0.3) is 0 Å². The molecule has 0 saturated carbocycles. The highest BCUT2D eigenvalue weighted by molar-refractivity contribution is 5.45. The molecule has 1 unspecified atom stereocenters. The average Bonchev–Trinajstić information content (AvgIpc) is 2.26. The molecule has 1 aromatic carbocycles.